The zero-order valence-electron chi connectivity index (χ0n) is 13.2. The molecule has 1 fully saturated rings. The van der Waals surface area contributed by atoms with E-state index in [9.17, 15) is 18.0 Å². The molecule has 1 aromatic carbocycles. The molecule has 2 aliphatic heterocycles. The predicted octanol–water partition coefficient (Wildman–Crippen LogP) is 0.755. The van der Waals surface area contributed by atoms with Crippen LogP contribution in [0.4, 0.5) is 0 Å². The lowest BCUT2D eigenvalue weighted by molar-refractivity contribution is 0.0873. The van der Waals surface area contributed by atoms with Crippen LogP contribution in [0.2, 0.25) is 0 Å². The maximum Gasteiger partial charge on any atom is 0.268 e. The average molecular weight is 374 g/mol. The predicted molar refractivity (Wildman–Crippen MR) is 90.9 cm³/mol. The molecule has 1 atom stereocenters. The summed E-state index contributed by atoms with van der Waals surface area (Å²) in [6.45, 7) is 3.33. The molecule has 1 unspecified atom stereocenters. The van der Waals surface area contributed by atoms with Crippen LogP contribution >= 0.6 is 12.4 Å². The number of rotatable bonds is 3. The van der Waals surface area contributed by atoms with Crippen molar-refractivity contribution in [2.24, 2.45) is 0 Å². The molecule has 3 rings (SSSR count). The molecule has 2 heterocycles. The van der Waals surface area contributed by atoms with Gasteiger partial charge in [0.2, 0.25) is 0 Å². The van der Waals surface area contributed by atoms with E-state index in [1.54, 1.807) is 6.92 Å². The highest BCUT2D eigenvalue weighted by molar-refractivity contribution is 7.90. The summed E-state index contributed by atoms with van der Waals surface area (Å²) in [5.74, 6) is -0.856. The van der Waals surface area contributed by atoms with Gasteiger partial charge in [-0.25, -0.2) is 12.7 Å². The first kappa shape index (κ1) is 18.7. The molecule has 9 heteroatoms. The van der Waals surface area contributed by atoms with Crippen LogP contribution in [0.25, 0.3) is 0 Å². The van der Waals surface area contributed by atoms with Crippen molar-refractivity contribution in [1.29, 1.82) is 0 Å². The second-order valence-electron chi connectivity index (χ2n) is 5.70. The molecular formula is C15H20ClN3O4S. The minimum absolute atomic E-state index is 0. The summed E-state index contributed by atoms with van der Waals surface area (Å²) in [6.07, 6.45) is 1.88. The molecule has 0 radical (unpaired) electrons. The topological polar surface area (TPSA) is 95.6 Å². The number of benzene rings is 1. The Morgan fingerprint density at radius 1 is 1.42 bits per heavy atom. The Labute approximate surface area is 147 Å². The lowest BCUT2D eigenvalue weighted by Gasteiger charge is -2.23. The second-order valence-corrected chi connectivity index (χ2v) is 7.53. The highest BCUT2D eigenvalue weighted by atomic mass is 35.5. The SMILES string of the molecule is CCN1C(=O)c2ccc(C(=O)NC3CCCNC3)cc2S1(=O)=O.Cl. The monoisotopic (exact) mass is 373 g/mol. The van der Waals surface area contributed by atoms with Gasteiger partial charge in [0.15, 0.2) is 0 Å². The van der Waals surface area contributed by atoms with Crippen molar-refractivity contribution in [3.05, 3.63) is 29.3 Å². The molecule has 0 aromatic heterocycles. The molecular weight excluding hydrogens is 354 g/mol. The third-order valence-electron chi connectivity index (χ3n) is 4.19. The third kappa shape index (κ3) is 3.13. The van der Waals surface area contributed by atoms with E-state index < -0.39 is 15.9 Å². The highest BCUT2D eigenvalue weighted by Gasteiger charge is 2.40. The average Bonchev–Trinajstić information content (AvgIpc) is 2.74. The molecule has 2 amide bonds. The number of carbonyl (C=O) groups excluding carboxylic acids is 2. The maximum atomic E-state index is 12.4. The number of amides is 2. The fourth-order valence-electron chi connectivity index (χ4n) is 2.97. The van der Waals surface area contributed by atoms with Gasteiger partial charge < -0.3 is 10.6 Å². The van der Waals surface area contributed by atoms with Crippen LogP contribution in [-0.4, -0.2) is 50.2 Å². The first-order valence-corrected chi connectivity index (χ1v) is 9.12. The van der Waals surface area contributed by atoms with Gasteiger partial charge in [-0.15, -0.1) is 12.4 Å². The van der Waals surface area contributed by atoms with Crippen molar-refractivity contribution in [3.8, 4) is 0 Å². The van der Waals surface area contributed by atoms with Crippen LogP contribution in [0, 0.1) is 0 Å². The Balaban J connectivity index is 0.00000208. The van der Waals surface area contributed by atoms with Gasteiger partial charge in [0.25, 0.3) is 21.8 Å². The van der Waals surface area contributed by atoms with E-state index in [0.717, 1.165) is 23.7 Å². The summed E-state index contributed by atoms with van der Waals surface area (Å²) < 4.78 is 25.5. The minimum Gasteiger partial charge on any atom is -0.348 e. The summed E-state index contributed by atoms with van der Waals surface area (Å²) in [4.78, 5) is 24.3. The van der Waals surface area contributed by atoms with E-state index in [1.165, 1.54) is 18.2 Å². The second kappa shape index (κ2) is 7.08. The van der Waals surface area contributed by atoms with E-state index in [0.29, 0.717) is 6.54 Å². The zero-order chi connectivity index (χ0) is 16.6. The molecule has 24 heavy (non-hydrogen) atoms. The quantitative estimate of drug-likeness (QED) is 0.815. The van der Waals surface area contributed by atoms with E-state index >= 15 is 0 Å². The van der Waals surface area contributed by atoms with Gasteiger partial charge >= 0.3 is 0 Å². The molecule has 2 aliphatic rings. The zero-order valence-corrected chi connectivity index (χ0v) is 14.9. The van der Waals surface area contributed by atoms with Crippen LogP contribution < -0.4 is 10.6 Å². The maximum absolute atomic E-state index is 12.4. The molecule has 7 nitrogen and oxygen atoms in total. The highest BCUT2D eigenvalue weighted by Crippen LogP contribution is 2.30. The van der Waals surface area contributed by atoms with Gasteiger partial charge in [0.1, 0.15) is 4.90 Å². The number of carbonyl (C=O) groups is 2. The van der Waals surface area contributed by atoms with Crippen molar-refractivity contribution in [2.45, 2.75) is 30.7 Å². The van der Waals surface area contributed by atoms with Crippen molar-refractivity contribution >= 4 is 34.2 Å². The summed E-state index contributed by atoms with van der Waals surface area (Å²) in [5.41, 5.74) is 0.381. The van der Waals surface area contributed by atoms with Gasteiger partial charge in [-0.05, 0) is 44.5 Å². The standard InChI is InChI=1S/C15H19N3O4S.ClH/c1-2-18-15(20)12-6-5-10(8-13(12)23(18,21)22)14(19)17-11-4-3-7-16-9-11;/h5-6,8,11,16H,2-4,7,9H2,1H3,(H,17,19);1H. The fraction of sp³-hybridized carbons (Fsp3) is 0.467. The third-order valence-corrected chi connectivity index (χ3v) is 6.09. The smallest absolute Gasteiger partial charge is 0.268 e. The van der Waals surface area contributed by atoms with Crippen LogP contribution in [0.5, 0.6) is 0 Å². The molecule has 1 aromatic rings. The lowest BCUT2D eigenvalue weighted by Crippen LogP contribution is -2.45. The number of hydrogen-bond donors (Lipinski definition) is 2. The lowest BCUT2D eigenvalue weighted by atomic mass is 10.1. The van der Waals surface area contributed by atoms with Crippen molar-refractivity contribution in [1.82, 2.24) is 14.9 Å². The van der Waals surface area contributed by atoms with Gasteiger partial charge in [0, 0.05) is 24.7 Å². The number of hydrogen-bond acceptors (Lipinski definition) is 5. The first-order chi connectivity index (χ1) is 10.9. The van der Waals surface area contributed by atoms with Crippen LogP contribution in [0.15, 0.2) is 23.1 Å². The Morgan fingerprint density at radius 3 is 2.79 bits per heavy atom. The summed E-state index contributed by atoms with van der Waals surface area (Å²) in [5, 5.41) is 6.10. The number of sulfonamides is 1. The molecule has 0 bridgehead atoms. The van der Waals surface area contributed by atoms with E-state index in [1.807, 2.05) is 0 Å². The minimum atomic E-state index is -3.84. The molecule has 0 spiro atoms. The number of piperidine rings is 1. The van der Waals surface area contributed by atoms with Crippen molar-refractivity contribution in [2.75, 3.05) is 19.6 Å². The molecule has 0 saturated carbocycles. The number of nitrogens with one attached hydrogen (secondary N) is 2. The number of nitrogens with zero attached hydrogens (tertiary/aromatic N) is 1. The fourth-order valence-corrected chi connectivity index (χ4v) is 4.58. The Kier molecular flexibility index (Phi) is 5.52. The Hall–Kier alpha value is -1.64. The summed E-state index contributed by atoms with van der Waals surface area (Å²) >= 11 is 0. The first-order valence-electron chi connectivity index (χ1n) is 7.68. The van der Waals surface area contributed by atoms with Gasteiger partial charge in [-0.3, -0.25) is 9.59 Å². The van der Waals surface area contributed by atoms with E-state index in [4.69, 9.17) is 0 Å². The Bertz CT molecular complexity index is 760. The molecule has 0 aliphatic carbocycles. The molecule has 1 saturated heterocycles. The van der Waals surface area contributed by atoms with Crippen LogP contribution in [0.3, 0.4) is 0 Å². The van der Waals surface area contributed by atoms with Gasteiger partial charge in [-0.2, -0.15) is 0 Å². The summed E-state index contributed by atoms with van der Waals surface area (Å²) in [7, 11) is -3.84. The molecule has 2 N–H and O–H groups in total. The van der Waals surface area contributed by atoms with Gasteiger partial charge in [0.05, 0.1) is 5.56 Å². The Morgan fingerprint density at radius 2 is 2.17 bits per heavy atom. The number of fused-ring (bicyclic) bond motifs is 1. The molecule has 132 valence electrons. The van der Waals surface area contributed by atoms with Crippen molar-refractivity contribution < 1.29 is 18.0 Å². The number of halogens is 1. The van der Waals surface area contributed by atoms with E-state index in [-0.39, 0.29) is 46.9 Å². The van der Waals surface area contributed by atoms with Crippen molar-refractivity contribution in [3.63, 3.8) is 0 Å². The van der Waals surface area contributed by atoms with E-state index in [2.05, 4.69) is 10.6 Å². The van der Waals surface area contributed by atoms with Crippen LogP contribution in [-0.2, 0) is 10.0 Å². The normalized spacial score (nSPS) is 21.8. The van der Waals surface area contributed by atoms with Crippen LogP contribution in [0.1, 0.15) is 40.5 Å². The largest absolute Gasteiger partial charge is 0.348 e. The van der Waals surface area contributed by atoms with Gasteiger partial charge in [-0.1, -0.05) is 0 Å². The summed E-state index contributed by atoms with van der Waals surface area (Å²) in [6, 6.07) is 4.24.